The number of benzene rings is 2. The fraction of sp³-hybridized carbons (Fsp3) is 0.250. The van der Waals surface area contributed by atoms with Gasteiger partial charge in [-0.2, -0.15) is 0 Å². The van der Waals surface area contributed by atoms with Crippen molar-refractivity contribution in [2.45, 2.75) is 12.8 Å². The minimum Gasteiger partial charge on any atom is -0.370 e. The van der Waals surface area contributed by atoms with Crippen molar-refractivity contribution in [3.8, 4) is 0 Å². The van der Waals surface area contributed by atoms with Crippen molar-refractivity contribution >= 4 is 29.1 Å². The molecule has 0 saturated carbocycles. The molecule has 26 heavy (non-hydrogen) atoms. The van der Waals surface area contributed by atoms with Gasteiger partial charge < -0.3 is 10.6 Å². The van der Waals surface area contributed by atoms with E-state index in [2.05, 4.69) is 4.90 Å². The minimum atomic E-state index is -0.301. The smallest absolute Gasteiger partial charge is 0.266 e. The van der Waals surface area contributed by atoms with E-state index in [1.54, 1.807) is 30.3 Å². The van der Waals surface area contributed by atoms with E-state index in [9.17, 15) is 14.4 Å². The zero-order valence-electron chi connectivity index (χ0n) is 14.2. The lowest BCUT2D eigenvalue weighted by Crippen LogP contribution is -2.40. The maximum Gasteiger partial charge on any atom is 0.266 e. The number of anilines is 2. The summed E-state index contributed by atoms with van der Waals surface area (Å²) in [6.45, 7) is 1.32. The monoisotopic (exact) mass is 349 g/mol. The van der Waals surface area contributed by atoms with Gasteiger partial charge in [0.25, 0.3) is 11.8 Å². The Morgan fingerprint density at radius 2 is 1.35 bits per heavy atom. The molecule has 4 rings (SSSR count). The van der Waals surface area contributed by atoms with Gasteiger partial charge in [0.05, 0.1) is 22.5 Å². The third-order valence-electron chi connectivity index (χ3n) is 5.15. The van der Waals surface area contributed by atoms with Crippen LogP contribution in [-0.2, 0) is 4.79 Å². The lowest BCUT2D eigenvalue weighted by molar-refractivity contribution is -0.122. The molecule has 0 aliphatic carbocycles. The highest BCUT2D eigenvalue weighted by Gasteiger charge is 2.38. The SMILES string of the molecule is NC(=O)C1CCN(c2ccccc2N2C(=O)c3ccccc3C2=O)CC1. The molecule has 2 N–H and O–H groups in total. The standard InChI is InChI=1S/C20H19N3O3/c21-18(24)13-9-11-22(12-10-13)16-7-3-4-8-17(16)23-19(25)14-5-1-2-6-15(14)20(23)26/h1-8,13H,9-12H2,(H2,21,24). The van der Waals surface area contributed by atoms with Gasteiger partial charge in [0.1, 0.15) is 0 Å². The number of amides is 3. The van der Waals surface area contributed by atoms with Crippen LogP contribution in [0.5, 0.6) is 0 Å². The number of piperidine rings is 1. The van der Waals surface area contributed by atoms with Crippen molar-refractivity contribution in [1.29, 1.82) is 0 Å². The molecule has 1 fully saturated rings. The zero-order valence-corrected chi connectivity index (χ0v) is 14.2. The predicted octanol–water partition coefficient (Wildman–Crippen LogP) is 2.19. The van der Waals surface area contributed by atoms with Crippen LogP contribution in [-0.4, -0.2) is 30.8 Å². The molecule has 2 aliphatic heterocycles. The summed E-state index contributed by atoms with van der Waals surface area (Å²) >= 11 is 0. The van der Waals surface area contributed by atoms with Gasteiger partial charge in [-0.05, 0) is 37.1 Å². The number of primary amides is 1. The fourth-order valence-electron chi connectivity index (χ4n) is 3.73. The zero-order chi connectivity index (χ0) is 18.3. The van der Waals surface area contributed by atoms with Crippen molar-refractivity contribution in [1.82, 2.24) is 0 Å². The molecule has 2 aliphatic rings. The van der Waals surface area contributed by atoms with E-state index < -0.39 is 0 Å². The summed E-state index contributed by atoms with van der Waals surface area (Å²) in [5.74, 6) is -0.980. The molecule has 0 bridgehead atoms. The third kappa shape index (κ3) is 2.54. The third-order valence-corrected chi connectivity index (χ3v) is 5.15. The van der Waals surface area contributed by atoms with Crippen LogP contribution in [0.25, 0.3) is 0 Å². The Labute approximate surface area is 151 Å². The molecule has 6 nitrogen and oxygen atoms in total. The molecular formula is C20H19N3O3. The summed E-state index contributed by atoms with van der Waals surface area (Å²) in [5.41, 5.74) is 7.68. The molecule has 1 saturated heterocycles. The molecule has 0 aromatic heterocycles. The average Bonchev–Trinajstić information content (AvgIpc) is 2.93. The van der Waals surface area contributed by atoms with Gasteiger partial charge in [-0.25, -0.2) is 4.90 Å². The number of nitrogens with two attached hydrogens (primary N) is 1. The van der Waals surface area contributed by atoms with Gasteiger partial charge in [-0.1, -0.05) is 24.3 Å². The number of carbonyl (C=O) groups excluding carboxylic acids is 3. The minimum absolute atomic E-state index is 0.113. The van der Waals surface area contributed by atoms with Crippen LogP contribution in [0.1, 0.15) is 33.6 Å². The van der Waals surface area contributed by atoms with Gasteiger partial charge in [0.15, 0.2) is 0 Å². The fourth-order valence-corrected chi connectivity index (χ4v) is 3.73. The van der Waals surface area contributed by atoms with Crippen LogP contribution < -0.4 is 15.5 Å². The van der Waals surface area contributed by atoms with Gasteiger partial charge in [0.2, 0.25) is 5.91 Å². The Bertz CT molecular complexity index is 866. The number of imide groups is 1. The molecule has 0 radical (unpaired) electrons. The first kappa shape index (κ1) is 16.3. The number of hydrogen-bond donors (Lipinski definition) is 1. The van der Waals surface area contributed by atoms with E-state index in [0.29, 0.717) is 42.7 Å². The van der Waals surface area contributed by atoms with Crippen LogP contribution >= 0.6 is 0 Å². The number of rotatable bonds is 3. The van der Waals surface area contributed by atoms with E-state index in [-0.39, 0.29) is 23.6 Å². The largest absolute Gasteiger partial charge is 0.370 e. The number of hydrogen-bond acceptors (Lipinski definition) is 4. The van der Waals surface area contributed by atoms with Crippen LogP contribution in [0.2, 0.25) is 0 Å². The topological polar surface area (TPSA) is 83.7 Å². The molecule has 3 amide bonds. The van der Waals surface area contributed by atoms with Crippen LogP contribution in [0, 0.1) is 5.92 Å². The van der Waals surface area contributed by atoms with Crippen molar-refractivity contribution in [3.05, 3.63) is 59.7 Å². The molecule has 6 heteroatoms. The Kier molecular flexibility index (Phi) is 3.95. The predicted molar refractivity (Wildman–Crippen MR) is 98.2 cm³/mol. The molecule has 0 unspecified atom stereocenters. The van der Waals surface area contributed by atoms with Crippen molar-refractivity contribution in [2.75, 3.05) is 22.9 Å². The summed E-state index contributed by atoms with van der Waals surface area (Å²) in [6, 6.07) is 14.3. The number of fused-ring (bicyclic) bond motifs is 1. The first-order valence-electron chi connectivity index (χ1n) is 8.69. The Morgan fingerprint density at radius 1 is 0.846 bits per heavy atom. The Balaban J connectivity index is 1.67. The summed E-state index contributed by atoms with van der Waals surface area (Å²) in [4.78, 5) is 40.4. The maximum absolute atomic E-state index is 12.8. The molecule has 2 aromatic rings. The van der Waals surface area contributed by atoms with E-state index in [4.69, 9.17) is 5.73 Å². The summed E-state index contributed by atoms with van der Waals surface area (Å²) in [7, 11) is 0. The van der Waals surface area contributed by atoms with E-state index in [1.165, 1.54) is 4.90 Å². The van der Waals surface area contributed by atoms with Gasteiger partial charge >= 0.3 is 0 Å². The highest BCUT2D eigenvalue weighted by Crippen LogP contribution is 2.36. The summed E-state index contributed by atoms with van der Waals surface area (Å²) in [6.07, 6.45) is 1.34. The Hall–Kier alpha value is -3.15. The van der Waals surface area contributed by atoms with Crippen LogP contribution in [0.15, 0.2) is 48.5 Å². The summed E-state index contributed by atoms with van der Waals surface area (Å²) < 4.78 is 0. The van der Waals surface area contributed by atoms with E-state index >= 15 is 0 Å². The number of carbonyl (C=O) groups is 3. The highest BCUT2D eigenvalue weighted by atomic mass is 16.2. The molecular weight excluding hydrogens is 330 g/mol. The molecule has 2 heterocycles. The molecule has 0 spiro atoms. The summed E-state index contributed by atoms with van der Waals surface area (Å²) in [5, 5.41) is 0. The lowest BCUT2D eigenvalue weighted by atomic mass is 9.96. The Morgan fingerprint density at radius 3 is 1.88 bits per heavy atom. The average molecular weight is 349 g/mol. The lowest BCUT2D eigenvalue weighted by Gasteiger charge is -2.34. The van der Waals surface area contributed by atoms with E-state index in [1.807, 2.05) is 18.2 Å². The highest BCUT2D eigenvalue weighted by molar-refractivity contribution is 6.35. The van der Waals surface area contributed by atoms with E-state index in [0.717, 1.165) is 5.69 Å². The molecule has 2 aromatic carbocycles. The maximum atomic E-state index is 12.8. The second kappa shape index (κ2) is 6.29. The first-order chi connectivity index (χ1) is 12.6. The van der Waals surface area contributed by atoms with Gasteiger partial charge in [0, 0.05) is 19.0 Å². The van der Waals surface area contributed by atoms with Gasteiger partial charge in [-0.3, -0.25) is 14.4 Å². The van der Waals surface area contributed by atoms with Crippen LogP contribution in [0.4, 0.5) is 11.4 Å². The normalized spacial score (nSPS) is 17.5. The second-order valence-corrected chi connectivity index (χ2v) is 6.64. The van der Waals surface area contributed by atoms with Crippen molar-refractivity contribution in [3.63, 3.8) is 0 Å². The quantitative estimate of drug-likeness (QED) is 0.861. The number of nitrogens with zero attached hydrogens (tertiary/aromatic N) is 2. The van der Waals surface area contributed by atoms with Crippen molar-refractivity contribution in [2.24, 2.45) is 11.7 Å². The van der Waals surface area contributed by atoms with Crippen molar-refractivity contribution < 1.29 is 14.4 Å². The molecule has 132 valence electrons. The van der Waals surface area contributed by atoms with Crippen LogP contribution in [0.3, 0.4) is 0 Å². The second-order valence-electron chi connectivity index (χ2n) is 6.64. The number of para-hydroxylation sites is 2. The first-order valence-corrected chi connectivity index (χ1v) is 8.69. The molecule has 0 atom stereocenters. The van der Waals surface area contributed by atoms with Gasteiger partial charge in [-0.15, -0.1) is 0 Å².